The molecule has 0 atom stereocenters. The molecule has 16 heavy (non-hydrogen) atoms. The lowest BCUT2D eigenvalue weighted by Gasteiger charge is -2.09. The van der Waals surface area contributed by atoms with Gasteiger partial charge in [0.05, 0.1) is 4.90 Å². The maximum Gasteiger partial charge on any atom is 0.241 e. The van der Waals surface area contributed by atoms with Crippen LogP contribution in [0.4, 0.5) is 0 Å². The van der Waals surface area contributed by atoms with Crippen LogP contribution in [0.15, 0.2) is 34.1 Å². The number of rotatable bonds is 6. The first-order valence-corrected chi connectivity index (χ1v) is 7.65. The van der Waals surface area contributed by atoms with E-state index in [1.165, 1.54) is 11.8 Å². The average Bonchev–Trinajstić information content (AvgIpc) is 2.29. The number of hydrogen-bond donors (Lipinski definition) is 2. The predicted octanol–water partition coefficient (Wildman–Crippen LogP) is 1.04. The van der Waals surface area contributed by atoms with E-state index in [1.807, 2.05) is 12.3 Å². The summed E-state index contributed by atoms with van der Waals surface area (Å²) in [6, 6.07) is 6.95. The summed E-state index contributed by atoms with van der Waals surface area (Å²) in [5, 5.41) is 0. The topological polar surface area (TPSA) is 72.2 Å². The van der Waals surface area contributed by atoms with E-state index in [-0.39, 0.29) is 0 Å². The molecular formula is C10H16N2O2S2. The lowest BCUT2D eigenvalue weighted by molar-refractivity contribution is 0.577. The van der Waals surface area contributed by atoms with Gasteiger partial charge in [0.2, 0.25) is 10.0 Å². The third kappa shape index (κ3) is 3.48. The van der Waals surface area contributed by atoms with Crippen molar-refractivity contribution in [2.75, 3.05) is 19.3 Å². The minimum Gasteiger partial charge on any atom is -0.330 e. The Kier molecular flexibility index (Phi) is 5.27. The fourth-order valence-electron chi connectivity index (χ4n) is 1.23. The van der Waals surface area contributed by atoms with Gasteiger partial charge in [-0.2, -0.15) is 0 Å². The molecule has 0 saturated carbocycles. The highest BCUT2D eigenvalue weighted by molar-refractivity contribution is 7.99. The number of benzene rings is 1. The molecule has 1 rings (SSSR count). The lowest BCUT2D eigenvalue weighted by atomic mass is 10.4. The number of sulfonamides is 1. The van der Waals surface area contributed by atoms with Crippen LogP contribution in [0.2, 0.25) is 0 Å². The third-order valence-corrected chi connectivity index (χ3v) is 4.48. The van der Waals surface area contributed by atoms with Crippen LogP contribution in [0.3, 0.4) is 0 Å². The van der Waals surface area contributed by atoms with E-state index in [9.17, 15) is 8.42 Å². The van der Waals surface area contributed by atoms with Gasteiger partial charge in [0.1, 0.15) is 0 Å². The predicted molar refractivity (Wildman–Crippen MR) is 67.1 cm³/mol. The Bertz CT molecular complexity index is 432. The molecule has 0 radical (unpaired) electrons. The van der Waals surface area contributed by atoms with Crippen molar-refractivity contribution in [2.24, 2.45) is 5.73 Å². The van der Waals surface area contributed by atoms with Gasteiger partial charge in [-0.15, -0.1) is 11.8 Å². The van der Waals surface area contributed by atoms with Gasteiger partial charge in [0, 0.05) is 11.4 Å². The number of nitrogens with two attached hydrogens (primary N) is 1. The van der Waals surface area contributed by atoms with Crippen molar-refractivity contribution in [1.29, 1.82) is 0 Å². The molecule has 6 heteroatoms. The summed E-state index contributed by atoms with van der Waals surface area (Å²) in [6.07, 6.45) is 2.49. The summed E-state index contributed by atoms with van der Waals surface area (Å²) >= 11 is 1.42. The van der Waals surface area contributed by atoms with Crippen molar-refractivity contribution in [2.45, 2.75) is 16.2 Å². The van der Waals surface area contributed by atoms with Gasteiger partial charge in [0.25, 0.3) is 0 Å². The molecule has 0 bridgehead atoms. The minimum absolute atomic E-state index is 0.333. The first-order valence-electron chi connectivity index (χ1n) is 4.94. The largest absolute Gasteiger partial charge is 0.330 e. The molecule has 0 fully saturated rings. The summed E-state index contributed by atoms with van der Waals surface area (Å²) in [7, 11) is -3.40. The van der Waals surface area contributed by atoms with E-state index in [1.54, 1.807) is 18.2 Å². The van der Waals surface area contributed by atoms with Gasteiger partial charge < -0.3 is 5.73 Å². The molecule has 0 aromatic heterocycles. The molecule has 1 aromatic rings. The first kappa shape index (κ1) is 13.5. The van der Waals surface area contributed by atoms with Gasteiger partial charge in [-0.1, -0.05) is 12.1 Å². The molecule has 0 aliphatic carbocycles. The summed E-state index contributed by atoms with van der Waals surface area (Å²) in [5.74, 6) is 0. The summed E-state index contributed by atoms with van der Waals surface area (Å²) in [4.78, 5) is 1.09. The molecule has 0 spiro atoms. The highest BCUT2D eigenvalue weighted by atomic mass is 32.2. The van der Waals surface area contributed by atoms with Crippen LogP contribution >= 0.6 is 11.8 Å². The zero-order chi connectivity index (χ0) is 12.0. The van der Waals surface area contributed by atoms with E-state index in [0.717, 1.165) is 4.90 Å². The van der Waals surface area contributed by atoms with Gasteiger partial charge >= 0.3 is 0 Å². The summed E-state index contributed by atoms with van der Waals surface area (Å²) in [6.45, 7) is 0.855. The molecule has 0 aliphatic rings. The van der Waals surface area contributed by atoms with E-state index < -0.39 is 10.0 Å². The Morgan fingerprint density at radius 1 is 1.38 bits per heavy atom. The highest BCUT2D eigenvalue weighted by Crippen LogP contribution is 2.23. The van der Waals surface area contributed by atoms with E-state index in [4.69, 9.17) is 5.73 Å². The second-order valence-corrected chi connectivity index (χ2v) is 5.77. The Balaban J connectivity index is 2.89. The normalized spacial score (nSPS) is 11.6. The van der Waals surface area contributed by atoms with Crippen LogP contribution in [-0.4, -0.2) is 27.8 Å². The van der Waals surface area contributed by atoms with Gasteiger partial charge in [-0.05, 0) is 31.4 Å². The molecule has 90 valence electrons. The van der Waals surface area contributed by atoms with Gasteiger partial charge in [0.15, 0.2) is 0 Å². The molecule has 0 amide bonds. The fourth-order valence-corrected chi connectivity index (χ4v) is 3.45. The molecule has 4 nitrogen and oxygen atoms in total. The molecule has 0 saturated heterocycles. The van der Waals surface area contributed by atoms with Crippen molar-refractivity contribution in [3.63, 3.8) is 0 Å². The maximum absolute atomic E-state index is 11.9. The zero-order valence-corrected chi connectivity index (χ0v) is 10.8. The smallest absolute Gasteiger partial charge is 0.241 e. The molecule has 0 unspecified atom stereocenters. The Labute approximate surface area is 101 Å². The van der Waals surface area contributed by atoms with Crippen LogP contribution in [-0.2, 0) is 10.0 Å². The van der Waals surface area contributed by atoms with Crippen LogP contribution in [0.1, 0.15) is 6.42 Å². The lowest BCUT2D eigenvalue weighted by Crippen LogP contribution is -2.26. The van der Waals surface area contributed by atoms with Crippen molar-refractivity contribution in [1.82, 2.24) is 4.72 Å². The molecule has 0 heterocycles. The zero-order valence-electron chi connectivity index (χ0n) is 9.14. The minimum atomic E-state index is -3.40. The fraction of sp³-hybridized carbons (Fsp3) is 0.400. The monoisotopic (exact) mass is 260 g/mol. The SMILES string of the molecule is CSc1ccccc1S(=O)(=O)NCCCN. The van der Waals surface area contributed by atoms with Crippen LogP contribution in [0, 0.1) is 0 Å². The van der Waals surface area contributed by atoms with Gasteiger partial charge in [-0.3, -0.25) is 0 Å². The van der Waals surface area contributed by atoms with Crippen molar-refractivity contribution >= 4 is 21.8 Å². The second kappa shape index (κ2) is 6.24. The second-order valence-electron chi connectivity index (χ2n) is 3.19. The standard InChI is InChI=1S/C10H16N2O2S2/c1-15-9-5-2-3-6-10(9)16(13,14)12-8-4-7-11/h2-3,5-6,12H,4,7-8,11H2,1H3. The summed E-state index contributed by atoms with van der Waals surface area (Å²) in [5.41, 5.74) is 5.31. The quantitative estimate of drug-likeness (QED) is 0.592. The van der Waals surface area contributed by atoms with Crippen molar-refractivity contribution < 1.29 is 8.42 Å². The Morgan fingerprint density at radius 2 is 2.06 bits per heavy atom. The first-order chi connectivity index (χ1) is 7.61. The van der Waals surface area contributed by atoms with Gasteiger partial charge in [-0.25, -0.2) is 13.1 Å². The molecule has 0 aliphatic heterocycles. The van der Waals surface area contributed by atoms with E-state index >= 15 is 0 Å². The molecule has 3 N–H and O–H groups in total. The Hall–Kier alpha value is -0.560. The van der Waals surface area contributed by atoms with Crippen LogP contribution in [0.25, 0.3) is 0 Å². The van der Waals surface area contributed by atoms with Crippen LogP contribution < -0.4 is 10.5 Å². The Morgan fingerprint density at radius 3 is 2.69 bits per heavy atom. The number of nitrogens with one attached hydrogen (secondary N) is 1. The number of hydrogen-bond acceptors (Lipinski definition) is 4. The van der Waals surface area contributed by atoms with E-state index in [2.05, 4.69) is 4.72 Å². The maximum atomic E-state index is 11.9. The third-order valence-electron chi connectivity index (χ3n) is 2.03. The number of thioether (sulfide) groups is 1. The summed E-state index contributed by atoms with van der Waals surface area (Å²) < 4.78 is 26.4. The van der Waals surface area contributed by atoms with Crippen molar-refractivity contribution in [3.8, 4) is 0 Å². The molecule has 1 aromatic carbocycles. The van der Waals surface area contributed by atoms with E-state index in [0.29, 0.717) is 24.4 Å². The average molecular weight is 260 g/mol. The molecular weight excluding hydrogens is 244 g/mol. The van der Waals surface area contributed by atoms with Crippen LogP contribution in [0.5, 0.6) is 0 Å². The highest BCUT2D eigenvalue weighted by Gasteiger charge is 2.16. The van der Waals surface area contributed by atoms with Crippen molar-refractivity contribution in [3.05, 3.63) is 24.3 Å².